The number of benzene rings is 1. The minimum atomic E-state index is -0.727. The summed E-state index contributed by atoms with van der Waals surface area (Å²) in [7, 11) is 0. The molecule has 0 amide bonds. The highest BCUT2D eigenvalue weighted by atomic mass is 16.4. The normalized spacial score (nSPS) is 14.5. The van der Waals surface area contributed by atoms with Crippen LogP contribution in [0, 0.1) is 0 Å². The fourth-order valence-corrected chi connectivity index (χ4v) is 2.06. The Balaban J connectivity index is 2.95. The second kappa shape index (κ2) is 4.96. The third-order valence-corrected chi connectivity index (χ3v) is 2.81. The first-order valence-electron chi connectivity index (χ1n) is 5.36. The Labute approximate surface area is 90.9 Å². The average molecular weight is 206 g/mol. The second-order valence-corrected chi connectivity index (χ2v) is 4.25. The summed E-state index contributed by atoms with van der Waals surface area (Å²) in [5, 5.41) is 8.94. The monoisotopic (exact) mass is 206 g/mol. The minimum absolute atomic E-state index is 0.199. The van der Waals surface area contributed by atoms with Crippen LogP contribution >= 0.6 is 0 Å². The molecular weight excluding hydrogens is 188 g/mol. The van der Waals surface area contributed by atoms with E-state index in [1.165, 1.54) is 0 Å². The number of carbonyl (C=O) groups is 1. The molecular formula is C13H18O2. The Hall–Kier alpha value is -1.31. The van der Waals surface area contributed by atoms with E-state index in [0.717, 1.165) is 18.4 Å². The van der Waals surface area contributed by atoms with Crippen LogP contribution in [-0.2, 0) is 10.2 Å². The van der Waals surface area contributed by atoms with Gasteiger partial charge in [0.25, 0.3) is 0 Å². The molecule has 1 unspecified atom stereocenters. The minimum Gasteiger partial charge on any atom is -0.481 e. The maximum atomic E-state index is 10.9. The summed E-state index contributed by atoms with van der Waals surface area (Å²) in [4.78, 5) is 10.9. The molecule has 0 saturated carbocycles. The molecule has 0 spiro atoms. The van der Waals surface area contributed by atoms with Crippen LogP contribution in [0.2, 0.25) is 0 Å². The van der Waals surface area contributed by atoms with Gasteiger partial charge in [-0.2, -0.15) is 0 Å². The van der Waals surface area contributed by atoms with Crippen LogP contribution in [0.1, 0.15) is 38.7 Å². The molecule has 0 aromatic heterocycles. The summed E-state index contributed by atoms with van der Waals surface area (Å²) >= 11 is 0. The summed E-state index contributed by atoms with van der Waals surface area (Å²) in [6, 6.07) is 9.91. The van der Waals surface area contributed by atoms with Gasteiger partial charge in [0.1, 0.15) is 0 Å². The lowest BCUT2D eigenvalue weighted by molar-refractivity contribution is -0.138. The van der Waals surface area contributed by atoms with Crippen molar-refractivity contribution in [1.82, 2.24) is 0 Å². The van der Waals surface area contributed by atoms with Gasteiger partial charge in [-0.25, -0.2) is 0 Å². The number of carboxylic acid groups (broad SMARTS) is 1. The van der Waals surface area contributed by atoms with Crippen LogP contribution in [0.25, 0.3) is 0 Å². The fraction of sp³-hybridized carbons (Fsp3) is 0.462. The molecule has 0 saturated heterocycles. The smallest absolute Gasteiger partial charge is 0.304 e. The first kappa shape index (κ1) is 11.8. The molecule has 0 radical (unpaired) electrons. The van der Waals surface area contributed by atoms with Crippen molar-refractivity contribution in [2.45, 2.75) is 38.5 Å². The molecule has 0 aliphatic heterocycles. The highest BCUT2D eigenvalue weighted by Crippen LogP contribution is 2.32. The second-order valence-electron chi connectivity index (χ2n) is 4.25. The van der Waals surface area contributed by atoms with E-state index in [1.54, 1.807) is 0 Å². The van der Waals surface area contributed by atoms with Gasteiger partial charge in [-0.3, -0.25) is 4.79 Å². The molecule has 0 fully saturated rings. The molecule has 1 aromatic rings. The maximum absolute atomic E-state index is 10.9. The van der Waals surface area contributed by atoms with E-state index in [-0.39, 0.29) is 11.8 Å². The van der Waals surface area contributed by atoms with Gasteiger partial charge in [0, 0.05) is 5.41 Å². The van der Waals surface area contributed by atoms with Gasteiger partial charge < -0.3 is 5.11 Å². The molecule has 15 heavy (non-hydrogen) atoms. The number of rotatable bonds is 5. The van der Waals surface area contributed by atoms with E-state index >= 15 is 0 Å². The van der Waals surface area contributed by atoms with Gasteiger partial charge in [0.05, 0.1) is 6.42 Å². The lowest BCUT2D eigenvalue weighted by Gasteiger charge is -2.28. The lowest BCUT2D eigenvalue weighted by Crippen LogP contribution is -2.25. The molecule has 1 atom stereocenters. The van der Waals surface area contributed by atoms with Crippen LogP contribution in [0.15, 0.2) is 30.3 Å². The third-order valence-electron chi connectivity index (χ3n) is 2.81. The van der Waals surface area contributed by atoms with Gasteiger partial charge in [-0.05, 0) is 12.0 Å². The highest BCUT2D eigenvalue weighted by Gasteiger charge is 2.28. The summed E-state index contributed by atoms with van der Waals surface area (Å²) in [6.07, 6.45) is 2.10. The quantitative estimate of drug-likeness (QED) is 0.803. The molecule has 1 aromatic carbocycles. The van der Waals surface area contributed by atoms with Crippen molar-refractivity contribution in [2.24, 2.45) is 0 Å². The van der Waals surface area contributed by atoms with Crippen LogP contribution in [0.5, 0.6) is 0 Å². The third kappa shape index (κ3) is 3.08. The van der Waals surface area contributed by atoms with Crippen LogP contribution in [0.4, 0.5) is 0 Å². The van der Waals surface area contributed by atoms with Crippen LogP contribution in [0.3, 0.4) is 0 Å². The number of hydrogen-bond acceptors (Lipinski definition) is 1. The van der Waals surface area contributed by atoms with E-state index in [0.29, 0.717) is 0 Å². The lowest BCUT2D eigenvalue weighted by atomic mass is 9.76. The first-order valence-corrected chi connectivity index (χ1v) is 5.36. The summed E-state index contributed by atoms with van der Waals surface area (Å²) in [6.45, 7) is 4.11. The largest absolute Gasteiger partial charge is 0.481 e. The Bertz CT molecular complexity index is 319. The van der Waals surface area contributed by atoms with Crippen molar-refractivity contribution in [3.05, 3.63) is 35.9 Å². The topological polar surface area (TPSA) is 37.3 Å². The van der Waals surface area contributed by atoms with Crippen molar-refractivity contribution >= 4 is 5.97 Å². The maximum Gasteiger partial charge on any atom is 0.304 e. The molecule has 0 aliphatic carbocycles. The number of aliphatic carboxylic acids is 1. The van der Waals surface area contributed by atoms with Crippen molar-refractivity contribution in [1.29, 1.82) is 0 Å². The van der Waals surface area contributed by atoms with Gasteiger partial charge in [-0.1, -0.05) is 50.6 Å². The predicted octanol–water partition coefficient (Wildman–Crippen LogP) is 3.22. The average Bonchev–Trinajstić information content (AvgIpc) is 2.18. The molecule has 2 heteroatoms. The van der Waals surface area contributed by atoms with E-state index in [2.05, 4.69) is 6.92 Å². The molecule has 0 aliphatic rings. The van der Waals surface area contributed by atoms with Gasteiger partial charge in [-0.15, -0.1) is 0 Å². The van der Waals surface area contributed by atoms with Crippen molar-refractivity contribution in [2.75, 3.05) is 0 Å². The Kier molecular flexibility index (Phi) is 3.89. The molecule has 2 nitrogen and oxygen atoms in total. The molecule has 82 valence electrons. The number of hydrogen-bond donors (Lipinski definition) is 1. The predicted molar refractivity (Wildman–Crippen MR) is 61.0 cm³/mol. The Morgan fingerprint density at radius 3 is 2.40 bits per heavy atom. The fourth-order valence-electron chi connectivity index (χ4n) is 2.06. The zero-order valence-electron chi connectivity index (χ0n) is 9.36. The van der Waals surface area contributed by atoms with Crippen molar-refractivity contribution in [3.63, 3.8) is 0 Å². The zero-order valence-corrected chi connectivity index (χ0v) is 9.36. The Morgan fingerprint density at radius 1 is 1.33 bits per heavy atom. The highest BCUT2D eigenvalue weighted by molar-refractivity contribution is 5.69. The van der Waals surface area contributed by atoms with Crippen LogP contribution < -0.4 is 0 Å². The Morgan fingerprint density at radius 2 is 1.93 bits per heavy atom. The van der Waals surface area contributed by atoms with Gasteiger partial charge in [0.2, 0.25) is 0 Å². The van der Waals surface area contributed by atoms with Gasteiger partial charge in [0.15, 0.2) is 0 Å². The number of carboxylic acids is 1. The van der Waals surface area contributed by atoms with E-state index in [1.807, 2.05) is 37.3 Å². The van der Waals surface area contributed by atoms with E-state index < -0.39 is 5.97 Å². The SMILES string of the molecule is CCCC(C)(CC(=O)O)c1ccccc1. The van der Waals surface area contributed by atoms with Crippen LogP contribution in [-0.4, -0.2) is 11.1 Å². The first-order chi connectivity index (χ1) is 7.08. The van der Waals surface area contributed by atoms with Crippen molar-refractivity contribution < 1.29 is 9.90 Å². The summed E-state index contributed by atoms with van der Waals surface area (Å²) in [5.74, 6) is -0.727. The van der Waals surface area contributed by atoms with Gasteiger partial charge >= 0.3 is 5.97 Å². The van der Waals surface area contributed by atoms with Crippen molar-refractivity contribution in [3.8, 4) is 0 Å². The summed E-state index contributed by atoms with van der Waals surface area (Å²) < 4.78 is 0. The molecule has 0 bridgehead atoms. The standard InChI is InChI=1S/C13H18O2/c1-3-9-13(2,10-12(14)15)11-7-5-4-6-8-11/h4-8H,3,9-10H2,1-2H3,(H,14,15). The van der Waals surface area contributed by atoms with E-state index in [4.69, 9.17) is 5.11 Å². The molecule has 1 N–H and O–H groups in total. The molecule has 1 rings (SSSR count). The zero-order chi connectivity index (χ0) is 11.3. The summed E-state index contributed by atoms with van der Waals surface area (Å²) in [5.41, 5.74) is 0.885. The van der Waals surface area contributed by atoms with E-state index in [9.17, 15) is 4.79 Å². The molecule has 0 heterocycles.